The van der Waals surface area contributed by atoms with Gasteiger partial charge < -0.3 is 19.7 Å². The number of benzene rings is 2. The van der Waals surface area contributed by atoms with E-state index in [1.165, 1.54) is 11.9 Å². The van der Waals surface area contributed by atoms with Gasteiger partial charge in [0.25, 0.3) is 5.91 Å². The minimum Gasteiger partial charge on any atom is -0.493 e. The molecule has 0 radical (unpaired) electrons. The fourth-order valence-corrected chi connectivity index (χ4v) is 3.01. The lowest BCUT2D eigenvalue weighted by atomic mass is 10.1. The van der Waals surface area contributed by atoms with Crippen molar-refractivity contribution < 1.29 is 19.1 Å². The van der Waals surface area contributed by atoms with Gasteiger partial charge in [0.05, 0.1) is 32.0 Å². The molecule has 2 aromatic carbocycles. The number of hydrogen-bond donors (Lipinski definition) is 1. The first-order valence-electron chi connectivity index (χ1n) is 9.32. The quantitative estimate of drug-likeness (QED) is 0.649. The maximum Gasteiger partial charge on any atom is 0.257 e. The summed E-state index contributed by atoms with van der Waals surface area (Å²) in [6.07, 6.45) is 1.67. The second-order valence-corrected chi connectivity index (χ2v) is 6.58. The summed E-state index contributed by atoms with van der Waals surface area (Å²) in [7, 11) is 6.22. The summed E-state index contributed by atoms with van der Waals surface area (Å²) >= 11 is 0. The highest BCUT2D eigenvalue weighted by Crippen LogP contribution is 2.33. The van der Waals surface area contributed by atoms with Gasteiger partial charge in [-0.2, -0.15) is 5.10 Å². The molecule has 1 N–H and O–H groups in total. The third-order valence-corrected chi connectivity index (χ3v) is 4.63. The van der Waals surface area contributed by atoms with Crippen molar-refractivity contribution in [2.45, 2.75) is 0 Å². The van der Waals surface area contributed by atoms with E-state index in [0.717, 1.165) is 5.69 Å². The van der Waals surface area contributed by atoms with Crippen LogP contribution in [0.2, 0.25) is 0 Å². The van der Waals surface area contributed by atoms with Crippen molar-refractivity contribution >= 4 is 11.8 Å². The number of methoxy groups -OCH3 is 2. The van der Waals surface area contributed by atoms with E-state index in [9.17, 15) is 9.59 Å². The van der Waals surface area contributed by atoms with Crippen molar-refractivity contribution in [1.82, 2.24) is 20.0 Å². The van der Waals surface area contributed by atoms with Crippen molar-refractivity contribution in [1.29, 1.82) is 0 Å². The number of carbonyl (C=O) groups excluding carboxylic acids is 2. The minimum atomic E-state index is -0.314. The molecule has 0 fully saturated rings. The number of amides is 2. The fourth-order valence-electron chi connectivity index (χ4n) is 3.01. The van der Waals surface area contributed by atoms with Gasteiger partial charge in [-0.05, 0) is 30.3 Å². The van der Waals surface area contributed by atoms with Gasteiger partial charge in [-0.25, -0.2) is 4.68 Å². The zero-order valence-electron chi connectivity index (χ0n) is 17.4. The van der Waals surface area contributed by atoms with E-state index < -0.39 is 0 Å². The van der Waals surface area contributed by atoms with Crippen LogP contribution in [0.25, 0.3) is 16.9 Å². The number of nitrogens with zero attached hydrogens (tertiary/aromatic N) is 3. The summed E-state index contributed by atoms with van der Waals surface area (Å²) in [5.41, 5.74) is 2.36. The van der Waals surface area contributed by atoms with E-state index in [0.29, 0.717) is 28.3 Å². The molecular weight excluding hydrogens is 384 g/mol. The highest BCUT2D eigenvalue weighted by Gasteiger charge is 2.23. The number of nitrogens with one attached hydrogen (secondary N) is 1. The topological polar surface area (TPSA) is 85.7 Å². The molecule has 0 spiro atoms. The van der Waals surface area contributed by atoms with Crippen LogP contribution in [0.4, 0.5) is 0 Å². The number of para-hydroxylation sites is 1. The Morgan fingerprint density at radius 3 is 2.40 bits per heavy atom. The van der Waals surface area contributed by atoms with Crippen LogP contribution in [0.1, 0.15) is 10.4 Å². The lowest BCUT2D eigenvalue weighted by Crippen LogP contribution is -2.36. The van der Waals surface area contributed by atoms with Crippen molar-refractivity contribution in [3.8, 4) is 28.4 Å². The van der Waals surface area contributed by atoms with Crippen molar-refractivity contribution in [3.05, 3.63) is 60.3 Å². The molecule has 0 saturated heterocycles. The van der Waals surface area contributed by atoms with Crippen LogP contribution < -0.4 is 14.8 Å². The first kappa shape index (κ1) is 20.9. The summed E-state index contributed by atoms with van der Waals surface area (Å²) in [4.78, 5) is 26.2. The molecule has 0 atom stereocenters. The molecule has 8 heteroatoms. The van der Waals surface area contributed by atoms with E-state index in [1.807, 2.05) is 36.4 Å². The Morgan fingerprint density at radius 1 is 1.07 bits per heavy atom. The van der Waals surface area contributed by atoms with Crippen LogP contribution in [0, 0.1) is 0 Å². The van der Waals surface area contributed by atoms with Gasteiger partial charge in [0.2, 0.25) is 5.91 Å². The molecule has 2 amide bonds. The molecule has 0 aliphatic carbocycles. The van der Waals surface area contributed by atoms with Gasteiger partial charge in [0.1, 0.15) is 5.69 Å². The number of hydrogen-bond acceptors (Lipinski definition) is 5. The second kappa shape index (κ2) is 9.13. The van der Waals surface area contributed by atoms with Gasteiger partial charge in [-0.1, -0.05) is 18.2 Å². The smallest absolute Gasteiger partial charge is 0.257 e. The normalized spacial score (nSPS) is 10.4. The van der Waals surface area contributed by atoms with Gasteiger partial charge in [0, 0.05) is 25.9 Å². The fraction of sp³-hybridized carbons (Fsp3) is 0.227. The molecule has 8 nitrogen and oxygen atoms in total. The summed E-state index contributed by atoms with van der Waals surface area (Å²) in [6, 6.07) is 14.8. The van der Waals surface area contributed by atoms with Crippen LogP contribution in [0.5, 0.6) is 11.5 Å². The van der Waals surface area contributed by atoms with E-state index in [1.54, 1.807) is 44.3 Å². The number of likely N-dealkylation sites (N-methyl/N-ethyl adjacent to an activating group) is 2. The van der Waals surface area contributed by atoms with Crippen LogP contribution in [0.3, 0.4) is 0 Å². The summed E-state index contributed by atoms with van der Waals surface area (Å²) in [6.45, 7) is -0.0583. The van der Waals surface area contributed by atoms with Crippen LogP contribution in [-0.2, 0) is 4.79 Å². The third-order valence-electron chi connectivity index (χ3n) is 4.63. The van der Waals surface area contributed by atoms with Gasteiger partial charge >= 0.3 is 0 Å². The van der Waals surface area contributed by atoms with E-state index in [4.69, 9.17) is 9.47 Å². The van der Waals surface area contributed by atoms with E-state index in [-0.39, 0.29) is 18.4 Å². The summed E-state index contributed by atoms with van der Waals surface area (Å²) < 4.78 is 12.3. The van der Waals surface area contributed by atoms with Crippen molar-refractivity contribution in [2.75, 3.05) is 34.9 Å². The molecule has 0 aliphatic rings. The highest BCUT2D eigenvalue weighted by atomic mass is 16.5. The average molecular weight is 408 g/mol. The monoisotopic (exact) mass is 408 g/mol. The molecule has 1 aromatic heterocycles. The van der Waals surface area contributed by atoms with Gasteiger partial charge in [-0.3, -0.25) is 9.59 Å². The second-order valence-electron chi connectivity index (χ2n) is 6.58. The number of aromatic nitrogens is 2. The number of rotatable bonds is 7. The van der Waals surface area contributed by atoms with Crippen LogP contribution in [0.15, 0.2) is 54.7 Å². The molecule has 3 rings (SSSR count). The number of carbonyl (C=O) groups is 2. The zero-order chi connectivity index (χ0) is 21.7. The largest absolute Gasteiger partial charge is 0.493 e. The molecule has 1 heterocycles. The Hall–Kier alpha value is -3.81. The number of ether oxygens (including phenoxy) is 2. The van der Waals surface area contributed by atoms with Gasteiger partial charge in [0.15, 0.2) is 11.5 Å². The predicted octanol–water partition coefficient (Wildman–Crippen LogP) is 2.37. The van der Waals surface area contributed by atoms with E-state index in [2.05, 4.69) is 10.4 Å². The maximum atomic E-state index is 13.1. The third kappa shape index (κ3) is 4.27. The molecule has 30 heavy (non-hydrogen) atoms. The zero-order valence-corrected chi connectivity index (χ0v) is 17.4. The molecule has 0 saturated carbocycles. The van der Waals surface area contributed by atoms with Gasteiger partial charge in [-0.15, -0.1) is 0 Å². The summed E-state index contributed by atoms with van der Waals surface area (Å²) in [5, 5.41) is 7.18. The molecule has 0 aliphatic heterocycles. The maximum absolute atomic E-state index is 13.1. The Balaban J connectivity index is 2.10. The molecule has 0 bridgehead atoms. The molecule has 156 valence electrons. The Morgan fingerprint density at radius 2 is 1.77 bits per heavy atom. The highest BCUT2D eigenvalue weighted by molar-refractivity contribution is 6.01. The SMILES string of the molecule is CNC(=O)CN(C)C(=O)c1cn(-c2ccccc2)nc1-c1ccc(OC)c(OC)c1. The molecule has 3 aromatic rings. The Labute approximate surface area is 175 Å². The minimum absolute atomic E-state index is 0.0583. The Bertz CT molecular complexity index is 1050. The first-order valence-corrected chi connectivity index (χ1v) is 9.32. The van der Waals surface area contributed by atoms with Crippen molar-refractivity contribution in [2.24, 2.45) is 0 Å². The molecular formula is C22H24N4O4. The Kier molecular flexibility index (Phi) is 6.36. The predicted molar refractivity (Wildman–Crippen MR) is 113 cm³/mol. The first-order chi connectivity index (χ1) is 14.5. The van der Waals surface area contributed by atoms with E-state index >= 15 is 0 Å². The summed E-state index contributed by atoms with van der Waals surface area (Å²) in [5.74, 6) is 0.536. The lowest BCUT2D eigenvalue weighted by molar-refractivity contribution is -0.121. The average Bonchev–Trinajstić information content (AvgIpc) is 3.23. The molecule has 0 unspecified atom stereocenters. The standard InChI is InChI=1S/C22H24N4O4/c1-23-20(27)14-25(2)22(28)17-13-26(16-8-6-5-7-9-16)24-21(17)15-10-11-18(29-3)19(12-15)30-4/h5-13H,14H2,1-4H3,(H,23,27). The van der Waals surface area contributed by atoms with Crippen LogP contribution >= 0.6 is 0 Å². The van der Waals surface area contributed by atoms with Crippen molar-refractivity contribution in [3.63, 3.8) is 0 Å². The van der Waals surface area contributed by atoms with Crippen LogP contribution in [-0.4, -0.2) is 61.4 Å². The lowest BCUT2D eigenvalue weighted by Gasteiger charge is -2.16.